The highest BCUT2D eigenvalue weighted by Crippen LogP contribution is 2.37. The second-order valence-electron chi connectivity index (χ2n) is 6.73. The molecule has 1 spiro atoms. The van der Waals surface area contributed by atoms with E-state index in [0.29, 0.717) is 24.5 Å². The summed E-state index contributed by atoms with van der Waals surface area (Å²) in [5.41, 5.74) is 0.517. The number of para-hydroxylation sites is 3. The number of likely N-dealkylation sites (tertiary alicyclic amines) is 1. The predicted molar refractivity (Wildman–Crippen MR) is 96.0 cm³/mol. The molecule has 26 heavy (non-hydrogen) atoms. The minimum Gasteiger partial charge on any atom is -0.452 e. The Hall–Kier alpha value is -2.60. The number of piperidine rings is 1. The van der Waals surface area contributed by atoms with Crippen molar-refractivity contribution in [1.82, 2.24) is 4.90 Å². The van der Waals surface area contributed by atoms with Gasteiger partial charge in [0.25, 0.3) is 0 Å². The molecule has 2 amide bonds. The zero-order chi connectivity index (χ0) is 18.0. The summed E-state index contributed by atoms with van der Waals surface area (Å²) < 4.78 is 25.2. The summed E-state index contributed by atoms with van der Waals surface area (Å²) in [5, 5.41) is 2.88. The Labute approximate surface area is 151 Å². The maximum atomic E-state index is 13.8. The molecule has 0 atom stereocenters. The molecule has 2 heterocycles. The molecule has 1 N–H and O–H groups in total. The van der Waals surface area contributed by atoms with Crippen LogP contribution in [-0.2, 0) is 4.74 Å². The van der Waals surface area contributed by atoms with Gasteiger partial charge in [-0.25, -0.2) is 9.18 Å². The highest BCUT2D eigenvalue weighted by molar-refractivity contribution is 5.91. The van der Waals surface area contributed by atoms with Crippen LogP contribution in [0.1, 0.15) is 19.3 Å². The predicted octanol–water partition coefficient (Wildman–Crippen LogP) is 4.40. The first-order valence-corrected chi connectivity index (χ1v) is 8.87. The second-order valence-corrected chi connectivity index (χ2v) is 6.73. The van der Waals surface area contributed by atoms with Gasteiger partial charge in [-0.15, -0.1) is 0 Å². The van der Waals surface area contributed by atoms with Crippen LogP contribution in [0.3, 0.4) is 0 Å². The molecule has 0 unspecified atom stereocenters. The van der Waals surface area contributed by atoms with Crippen molar-refractivity contribution >= 4 is 11.7 Å². The summed E-state index contributed by atoms with van der Waals surface area (Å²) in [6.07, 6.45) is 2.82. The Kier molecular flexibility index (Phi) is 4.51. The third-order valence-electron chi connectivity index (χ3n) is 5.11. The third-order valence-corrected chi connectivity index (χ3v) is 5.11. The summed E-state index contributed by atoms with van der Waals surface area (Å²) in [5.74, 6) is 0.0773. The molecule has 4 rings (SSSR count). The number of urea groups is 1. The quantitative estimate of drug-likeness (QED) is 0.886. The molecule has 2 aromatic carbocycles. The van der Waals surface area contributed by atoms with Gasteiger partial charge in [-0.05, 0) is 43.5 Å². The van der Waals surface area contributed by atoms with Gasteiger partial charge in [0.05, 0.1) is 17.9 Å². The average molecular weight is 356 g/mol. The first kappa shape index (κ1) is 16.8. The molecule has 0 bridgehead atoms. The fourth-order valence-electron chi connectivity index (χ4n) is 3.40. The van der Waals surface area contributed by atoms with Crippen LogP contribution < -0.4 is 10.1 Å². The number of nitrogens with zero attached hydrogens (tertiary/aromatic N) is 1. The number of benzene rings is 2. The van der Waals surface area contributed by atoms with Gasteiger partial charge < -0.3 is 19.7 Å². The topological polar surface area (TPSA) is 50.8 Å². The first-order chi connectivity index (χ1) is 12.7. The van der Waals surface area contributed by atoms with Crippen molar-refractivity contribution in [3.63, 3.8) is 0 Å². The van der Waals surface area contributed by atoms with E-state index in [1.807, 2.05) is 0 Å². The largest absolute Gasteiger partial charge is 0.452 e. The Morgan fingerprint density at radius 2 is 1.69 bits per heavy atom. The lowest BCUT2D eigenvalue weighted by Crippen LogP contribution is -2.54. The van der Waals surface area contributed by atoms with E-state index in [0.717, 1.165) is 25.9 Å². The van der Waals surface area contributed by atoms with Crippen molar-refractivity contribution in [3.8, 4) is 11.5 Å². The summed E-state index contributed by atoms with van der Waals surface area (Å²) in [6, 6.07) is 13.0. The van der Waals surface area contributed by atoms with Gasteiger partial charge in [-0.1, -0.05) is 24.3 Å². The molecule has 6 heteroatoms. The van der Waals surface area contributed by atoms with Crippen LogP contribution in [0.25, 0.3) is 0 Å². The molecule has 0 saturated carbocycles. The standard InChI is InChI=1S/C20H21FN2O3/c21-15-5-1-3-7-17(15)26-18-8-4-2-6-16(18)22-19(24)23-12-9-20(10-13-23)11-14-25-20/h1-8H,9-14H2,(H,22,24). The second kappa shape index (κ2) is 6.96. The highest BCUT2D eigenvalue weighted by atomic mass is 19.1. The monoisotopic (exact) mass is 356 g/mol. The third kappa shape index (κ3) is 3.37. The molecule has 2 saturated heterocycles. The molecule has 2 aliphatic rings. The van der Waals surface area contributed by atoms with Gasteiger partial charge in [0, 0.05) is 13.1 Å². The number of halogens is 1. The van der Waals surface area contributed by atoms with E-state index in [2.05, 4.69) is 5.32 Å². The maximum Gasteiger partial charge on any atom is 0.321 e. The van der Waals surface area contributed by atoms with Crippen LogP contribution >= 0.6 is 0 Å². The Morgan fingerprint density at radius 3 is 2.35 bits per heavy atom. The van der Waals surface area contributed by atoms with E-state index in [1.165, 1.54) is 6.07 Å². The normalized spacial score (nSPS) is 18.3. The number of carbonyl (C=O) groups is 1. The smallest absolute Gasteiger partial charge is 0.321 e. The van der Waals surface area contributed by atoms with Crippen LogP contribution in [0, 0.1) is 5.82 Å². The molecule has 0 radical (unpaired) electrons. The van der Waals surface area contributed by atoms with Crippen molar-refractivity contribution < 1.29 is 18.7 Å². The van der Waals surface area contributed by atoms with Gasteiger partial charge in [-0.3, -0.25) is 0 Å². The van der Waals surface area contributed by atoms with Gasteiger partial charge in [0.2, 0.25) is 0 Å². The van der Waals surface area contributed by atoms with Gasteiger partial charge in [-0.2, -0.15) is 0 Å². The number of rotatable bonds is 3. The summed E-state index contributed by atoms with van der Waals surface area (Å²) in [6.45, 7) is 2.16. The summed E-state index contributed by atoms with van der Waals surface area (Å²) in [7, 11) is 0. The maximum absolute atomic E-state index is 13.8. The first-order valence-electron chi connectivity index (χ1n) is 8.87. The van der Waals surface area contributed by atoms with Crippen LogP contribution in [0.15, 0.2) is 48.5 Å². The van der Waals surface area contributed by atoms with E-state index in [1.54, 1.807) is 47.4 Å². The zero-order valence-corrected chi connectivity index (χ0v) is 14.4. The van der Waals surface area contributed by atoms with Crippen LogP contribution in [0.2, 0.25) is 0 Å². The molecule has 0 aromatic heterocycles. The highest BCUT2D eigenvalue weighted by Gasteiger charge is 2.41. The van der Waals surface area contributed by atoms with Crippen molar-refractivity contribution in [3.05, 3.63) is 54.3 Å². The van der Waals surface area contributed by atoms with Crippen molar-refractivity contribution in [2.75, 3.05) is 25.0 Å². The zero-order valence-electron chi connectivity index (χ0n) is 14.4. The van der Waals surface area contributed by atoms with Crippen LogP contribution in [0.5, 0.6) is 11.5 Å². The fraction of sp³-hybridized carbons (Fsp3) is 0.350. The van der Waals surface area contributed by atoms with E-state index in [9.17, 15) is 9.18 Å². The fourth-order valence-corrected chi connectivity index (χ4v) is 3.40. The van der Waals surface area contributed by atoms with E-state index < -0.39 is 5.82 Å². The average Bonchev–Trinajstić information content (AvgIpc) is 2.64. The number of hydrogen-bond acceptors (Lipinski definition) is 3. The number of carbonyl (C=O) groups excluding carboxylic acids is 1. The molecule has 5 nitrogen and oxygen atoms in total. The van der Waals surface area contributed by atoms with E-state index in [4.69, 9.17) is 9.47 Å². The van der Waals surface area contributed by atoms with Gasteiger partial charge >= 0.3 is 6.03 Å². The van der Waals surface area contributed by atoms with Crippen LogP contribution in [0.4, 0.5) is 14.9 Å². The Bertz CT molecular complexity index is 797. The minimum absolute atomic E-state index is 0.00261. The van der Waals surface area contributed by atoms with Crippen molar-refractivity contribution in [2.45, 2.75) is 24.9 Å². The Balaban J connectivity index is 1.43. The van der Waals surface area contributed by atoms with Crippen LogP contribution in [-0.4, -0.2) is 36.2 Å². The number of ether oxygens (including phenoxy) is 2. The summed E-state index contributed by atoms with van der Waals surface area (Å²) >= 11 is 0. The van der Waals surface area contributed by atoms with Gasteiger partial charge in [0.1, 0.15) is 0 Å². The van der Waals surface area contributed by atoms with Crippen molar-refractivity contribution in [1.29, 1.82) is 0 Å². The minimum atomic E-state index is -0.449. The SMILES string of the molecule is O=C(Nc1ccccc1Oc1ccccc1F)N1CCC2(CCO2)CC1. The molecule has 2 aliphatic heterocycles. The lowest BCUT2D eigenvalue weighted by atomic mass is 9.84. The molecular formula is C20H21FN2O3. The van der Waals surface area contributed by atoms with E-state index in [-0.39, 0.29) is 17.4 Å². The molecule has 2 fully saturated rings. The number of hydrogen-bond donors (Lipinski definition) is 1. The number of nitrogens with one attached hydrogen (secondary N) is 1. The van der Waals surface area contributed by atoms with E-state index >= 15 is 0 Å². The molecule has 136 valence electrons. The summed E-state index contributed by atoms with van der Waals surface area (Å²) in [4.78, 5) is 14.4. The Morgan fingerprint density at radius 1 is 1.04 bits per heavy atom. The molecular weight excluding hydrogens is 335 g/mol. The number of anilines is 1. The number of amides is 2. The lowest BCUT2D eigenvalue weighted by molar-refractivity contribution is -0.168. The van der Waals surface area contributed by atoms with Gasteiger partial charge in [0.15, 0.2) is 17.3 Å². The molecule has 0 aliphatic carbocycles. The lowest BCUT2D eigenvalue weighted by Gasteiger charge is -2.47. The van der Waals surface area contributed by atoms with Crippen molar-refractivity contribution in [2.24, 2.45) is 0 Å². The molecule has 2 aromatic rings.